The molecular weight excluding hydrogens is 234 g/mol. The second kappa shape index (κ2) is 4.88. The van der Waals surface area contributed by atoms with Gasteiger partial charge in [0.25, 0.3) is 0 Å². The average Bonchev–Trinajstić information content (AvgIpc) is 2.33. The molecule has 1 aromatic heterocycles. The first kappa shape index (κ1) is 12.7. The zero-order chi connectivity index (χ0) is 13.3. The third-order valence-electron chi connectivity index (χ3n) is 2.84. The quantitative estimate of drug-likeness (QED) is 0.888. The Morgan fingerprint density at radius 2 is 1.89 bits per heavy atom. The summed E-state index contributed by atoms with van der Waals surface area (Å²) in [4.78, 5) is 4.22. The number of halogens is 2. The van der Waals surface area contributed by atoms with Crippen LogP contribution in [0.1, 0.15) is 32.4 Å². The minimum absolute atomic E-state index is 0.0946. The molecular formula is C14H16F2N2. The van der Waals surface area contributed by atoms with Gasteiger partial charge in [0.2, 0.25) is 0 Å². The van der Waals surface area contributed by atoms with Crippen molar-refractivity contribution in [3.8, 4) is 0 Å². The van der Waals surface area contributed by atoms with Crippen LogP contribution in [0.3, 0.4) is 0 Å². The van der Waals surface area contributed by atoms with Crippen LogP contribution in [0, 0.1) is 11.6 Å². The Morgan fingerprint density at radius 1 is 1.22 bits per heavy atom. The van der Waals surface area contributed by atoms with Gasteiger partial charge in [0.15, 0.2) is 0 Å². The maximum Gasteiger partial charge on any atom is 0.149 e. The van der Waals surface area contributed by atoms with E-state index < -0.39 is 11.6 Å². The Labute approximate surface area is 105 Å². The Bertz CT molecular complexity index is 580. The van der Waals surface area contributed by atoms with Crippen molar-refractivity contribution in [3.63, 3.8) is 0 Å². The van der Waals surface area contributed by atoms with E-state index in [4.69, 9.17) is 0 Å². The minimum Gasteiger partial charge on any atom is -0.385 e. The topological polar surface area (TPSA) is 24.9 Å². The highest BCUT2D eigenvalue weighted by molar-refractivity contribution is 5.92. The zero-order valence-corrected chi connectivity index (χ0v) is 10.7. The molecule has 0 atom stereocenters. The first-order chi connectivity index (χ1) is 8.54. The lowest BCUT2D eigenvalue weighted by atomic mass is 10.1. The molecule has 2 aromatic rings. The molecule has 96 valence electrons. The smallest absolute Gasteiger partial charge is 0.149 e. The zero-order valence-electron chi connectivity index (χ0n) is 10.7. The van der Waals surface area contributed by atoms with Gasteiger partial charge in [-0.2, -0.15) is 0 Å². The third kappa shape index (κ3) is 2.15. The molecule has 4 heteroatoms. The molecule has 18 heavy (non-hydrogen) atoms. The molecule has 0 saturated carbocycles. The number of benzene rings is 1. The summed E-state index contributed by atoms with van der Waals surface area (Å²) >= 11 is 0. The standard InChI is InChI=1S/C14H16F2N2/c1-4-17-12-7-11(8(2)3)18-14-10(16)6-5-9(15)13(12)14/h5-8H,4H2,1-3H3,(H,17,18). The monoisotopic (exact) mass is 250 g/mol. The molecule has 2 nitrogen and oxygen atoms in total. The summed E-state index contributed by atoms with van der Waals surface area (Å²) in [6, 6.07) is 4.04. The summed E-state index contributed by atoms with van der Waals surface area (Å²) in [5.74, 6) is -0.785. The highest BCUT2D eigenvalue weighted by atomic mass is 19.1. The van der Waals surface area contributed by atoms with Gasteiger partial charge in [0, 0.05) is 17.9 Å². The SMILES string of the molecule is CCNc1cc(C(C)C)nc2c(F)ccc(F)c12. The minimum atomic E-state index is -0.493. The number of nitrogens with one attached hydrogen (secondary N) is 1. The largest absolute Gasteiger partial charge is 0.385 e. The summed E-state index contributed by atoms with van der Waals surface area (Å²) in [5, 5.41) is 3.29. The second-order valence-electron chi connectivity index (χ2n) is 4.53. The van der Waals surface area contributed by atoms with Crippen LogP contribution >= 0.6 is 0 Å². The Morgan fingerprint density at radius 3 is 2.50 bits per heavy atom. The third-order valence-corrected chi connectivity index (χ3v) is 2.84. The summed E-state index contributed by atoms with van der Waals surface area (Å²) in [6.45, 7) is 6.51. The molecule has 0 spiro atoms. The summed E-state index contributed by atoms with van der Waals surface area (Å²) < 4.78 is 27.6. The van der Waals surface area contributed by atoms with E-state index >= 15 is 0 Å². The molecule has 0 fully saturated rings. The molecule has 0 unspecified atom stereocenters. The van der Waals surface area contributed by atoms with Crippen molar-refractivity contribution in [2.75, 3.05) is 11.9 Å². The molecule has 0 aliphatic heterocycles. The van der Waals surface area contributed by atoms with Crippen LogP contribution in [0.25, 0.3) is 10.9 Å². The predicted octanol–water partition coefficient (Wildman–Crippen LogP) is 4.07. The van der Waals surface area contributed by atoms with Crippen LogP contribution in [0.15, 0.2) is 18.2 Å². The van der Waals surface area contributed by atoms with Gasteiger partial charge >= 0.3 is 0 Å². The summed E-state index contributed by atoms with van der Waals surface area (Å²) in [6.07, 6.45) is 0. The number of rotatable bonds is 3. The lowest BCUT2D eigenvalue weighted by molar-refractivity contribution is 0.614. The number of hydrogen-bond acceptors (Lipinski definition) is 2. The number of fused-ring (bicyclic) bond motifs is 1. The van der Waals surface area contributed by atoms with Crippen LogP contribution in [0.4, 0.5) is 14.5 Å². The molecule has 1 heterocycles. The van der Waals surface area contributed by atoms with Crippen LogP contribution in [-0.2, 0) is 0 Å². The van der Waals surface area contributed by atoms with E-state index in [2.05, 4.69) is 10.3 Å². The number of nitrogens with zero attached hydrogens (tertiary/aromatic N) is 1. The molecule has 0 radical (unpaired) electrons. The molecule has 0 amide bonds. The number of anilines is 1. The van der Waals surface area contributed by atoms with E-state index in [0.29, 0.717) is 12.2 Å². The lowest BCUT2D eigenvalue weighted by Crippen LogP contribution is -2.04. The number of hydrogen-bond donors (Lipinski definition) is 1. The first-order valence-corrected chi connectivity index (χ1v) is 6.07. The van der Waals surface area contributed by atoms with Crippen molar-refractivity contribution in [2.45, 2.75) is 26.7 Å². The fraction of sp³-hybridized carbons (Fsp3) is 0.357. The normalized spacial score (nSPS) is 11.2. The van der Waals surface area contributed by atoms with Crippen molar-refractivity contribution in [2.24, 2.45) is 0 Å². The van der Waals surface area contributed by atoms with Crippen LogP contribution < -0.4 is 5.32 Å². The first-order valence-electron chi connectivity index (χ1n) is 6.07. The van der Waals surface area contributed by atoms with Gasteiger partial charge in [-0.05, 0) is 31.0 Å². The van der Waals surface area contributed by atoms with E-state index in [-0.39, 0.29) is 16.8 Å². The van der Waals surface area contributed by atoms with Crippen molar-refractivity contribution in [3.05, 3.63) is 35.5 Å². The molecule has 1 N–H and O–H groups in total. The molecule has 0 aliphatic carbocycles. The predicted molar refractivity (Wildman–Crippen MR) is 69.9 cm³/mol. The fourth-order valence-electron chi connectivity index (χ4n) is 1.91. The highest BCUT2D eigenvalue weighted by Crippen LogP contribution is 2.30. The fourth-order valence-corrected chi connectivity index (χ4v) is 1.91. The van der Waals surface area contributed by atoms with E-state index in [1.54, 1.807) is 6.07 Å². The number of pyridine rings is 1. The summed E-state index contributed by atoms with van der Waals surface area (Å²) in [5.41, 5.74) is 1.45. The van der Waals surface area contributed by atoms with Crippen LogP contribution in [-0.4, -0.2) is 11.5 Å². The van der Waals surface area contributed by atoms with E-state index in [1.165, 1.54) is 0 Å². The van der Waals surface area contributed by atoms with Crippen molar-refractivity contribution >= 4 is 16.6 Å². The van der Waals surface area contributed by atoms with Crippen LogP contribution in [0.5, 0.6) is 0 Å². The van der Waals surface area contributed by atoms with Gasteiger partial charge in [-0.1, -0.05) is 13.8 Å². The molecule has 0 saturated heterocycles. The Kier molecular flexibility index (Phi) is 3.45. The van der Waals surface area contributed by atoms with Gasteiger partial charge in [0.1, 0.15) is 17.2 Å². The molecule has 2 rings (SSSR count). The summed E-state index contributed by atoms with van der Waals surface area (Å²) in [7, 11) is 0. The van der Waals surface area contributed by atoms with Crippen LogP contribution in [0.2, 0.25) is 0 Å². The molecule has 0 aliphatic rings. The van der Waals surface area contributed by atoms with E-state index in [9.17, 15) is 8.78 Å². The Balaban J connectivity index is 2.80. The van der Waals surface area contributed by atoms with Gasteiger partial charge in [-0.3, -0.25) is 0 Å². The maximum atomic E-state index is 13.8. The van der Waals surface area contributed by atoms with Crippen molar-refractivity contribution in [1.82, 2.24) is 4.98 Å². The maximum absolute atomic E-state index is 13.8. The van der Waals surface area contributed by atoms with E-state index in [1.807, 2.05) is 20.8 Å². The van der Waals surface area contributed by atoms with Crippen molar-refractivity contribution in [1.29, 1.82) is 0 Å². The molecule has 1 aromatic carbocycles. The van der Waals surface area contributed by atoms with Gasteiger partial charge in [-0.25, -0.2) is 13.8 Å². The lowest BCUT2D eigenvalue weighted by Gasteiger charge is -2.13. The van der Waals surface area contributed by atoms with E-state index in [0.717, 1.165) is 17.8 Å². The van der Waals surface area contributed by atoms with Gasteiger partial charge < -0.3 is 5.32 Å². The van der Waals surface area contributed by atoms with Gasteiger partial charge in [-0.15, -0.1) is 0 Å². The number of aromatic nitrogens is 1. The average molecular weight is 250 g/mol. The Hall–Kier alpha value is -1.71. The molecule has 0 bridgehead atoms. The van der Waals surface area contributed by atoms with Crippen molar-refractivity contribution < 1.29 is 8.78 Å². The van der Waals surface area contributed by atoms with Gasteiger partial charge in [0.05, 0.1) is 5.39 Å². The second-order valence-corrected chi connectivity index (χ2v) is 4.53. The highest BCUT2D eigenvalue weighted by Gasteiger charge is 2.14.